The number of ether oxygens (including phenoxy) is 2. The van der Waals surface area contributed by atoms with Gasteiger partial charge in [0.25, 0.3) is 0 Å². The van der Waals surface area contributed by atoms with Crippen LogP contribution in [0.1, 0.15) is 31.4 Å². The first-order valence-corrected chi connectivity index (χ1v) is 9.42. The molecule has 0 unspecified atom stereocenters. The third-order valence-electron chi connectivity index (χ3n) is 4.33. The zero-order valence-corrected chi connectivity index (χ0v) is 16.5. The van der Waals surface area contributed by atoms with Crippen LogP contribution in [0, 0.1) is 0 Å². The molecule has 2 rings (SSSR count). The Balaban J connectivity index is 1.75. The SMILES string of the molecule is CCC[C@H](NC(=O)CN(C)CCOc1ccc(OC)cc1)c1ccccc1. The first kappa shape index (κ1) is 20.8. The van der Waals surface area contributed by atoms with E-state index in [0.29, 0.717) is 19.7 Å². The molecule has 0 aliphatic rings. The Bertz CT molecular complexity index is 674. The lowest BCUT2D eigenvalue weighted by atomic mass is 10.0. The van der Waals surface area contributed by atoms with Gasteiger partial charge in [0.2, 0.25) is 5.91 Å². The third-order valence-corrected chi connectivity index (χ3v) is 4.33. The first-order valence-electron chi connectivity index (χ1n) is 9.42. The summed E-state index contributed by atoms with van der Waals surface area (Å²) < 4.78 is 10.8. The smallest absolute Gasteiger partial charge is 0.234 e. The average Bonchev–Trinajstić information content (AvgIpc) is 2.69. The van der Waals surface area contributed by atoms with Crippen molar-refractivity contribution in [3.8, 4) is 11.5 Å². The van der Waals surface area contributed by atoms with Gasteiger partial charge in [-0.2, -0.15) is 0 Å². The molecule has 5 heteroatoms. The maximum atomic E-state index is 12.4. The predicted octanol–water partition coefficient (Wildman–Crippen LogP) is 3.66. The minimum absolute atomic E-state index is 0.0317. The van der Waals surface area contributed by atoms with Gasteiger partial charge in [-0.3, -0.25) is 9.69 Å². The molecule has 0 aliphatic carbocycles. The van der Waals surface area contributed by atoms with E-state index in [2.05, 4.69) is 24.4 Å². The zero-order chi connectivity index (χ0) is 19.5. The number of nitrogens with zero attached hydrogens (tertiary/aromatic N) is 1. The maximum absolute atomic E-state index is 12.4. The van der Waals surface area contributed by atoms with E-state index >= 15 is 0 Å². The van der Waals surface area contributed by atoms with Crippen LogP contribution >= 0.6 is 0 Å². The average molecular weight is 370 g/mol. The van der Waals surface area contributed by atoms with E-state index < -0.39 is 0 Å². The van der Waals surface area contributed by atoms with Crippen molar-refractivity contribution >= 4 is 5.91 Å². The molecule has 0 aliphatic heterocycles. The molecule has 2 aromatic rings. The summed E-state index contributed by atoms with van der Waals surface area (Å²) in [6.07, 6.45) is 1.95. The molecule has 1 atom stereocenters. The van der Waals surface area contributed by atoms with Crippen LogP contribution in [0.4, 0.5) is 0 Å². The van der Waals surface area contributed by atoms with Gasteiger partial charge in [0.1, 0.15) is 18.1 Å². The topological polar surface area (TPSA) is 50.8 Å². The number of carbonyl (C=O) groups excluding carboxylic acids is 1. The number of amides is 1. The molecule has 0 saturated carbocycles. The molecule has 0 spiro atoms. The molecule has 0 radical (unpaired) electrons. The lowest BCUT2D eigenvalue weighted by Gasteiger charge is -2.21. The van der Waals surface area contributed by atoms with Gasteiger partial charge in [-0.1, -0.05) is 43.7 Å². The van der Waals surface area contributed by atoms with Crippen molar-refractivity contribution in [3.05, 3.63) is 60.2 Å². The standard InChI is InChI=1S/C22H30N2O3/c1-4-8-21(18-9-6-5-7-10-18)23-22(25)17-24(2)15-16-27-20-13-11-19(26-3)12-14-20/h5-7,9-14,21H,4,8,15-17H2,1-3H3,(H,23,25)/t21-/m0/s1. The zero-order valence-electron chi connectivity index (χ0n) is 16.5. The molecule has 5 nitrogen and oxygen atoms in total. The van der Waals surface area contributed by atoms with E-state index in [0.717, 1.165) is 29.9 Å². The van der Waals surface area contributed by atoms with Crippen LogP contribution in [0.5, 0.6) is 11.5 Å². The van der Waals surface area contributed by atoms with Crippen molar-refractivity contribution in [1.82, 2.24) is 10.2 Å². The van der Waals surface area contributed by atoms with Crippen molar-refractivity contribution in [2.75, 3.05) is 33.9 Å². The number of nitrogens with one attached hydrogen (secondary N) is 1. The quantitative estimate of drug-likeness (QED) is 0.656. The molecule has 1 N–H and O–H groups in total. The Morgan fingerprint density at radius 3 is 2.37 bits per heavy atom. The Morgan fingerprint density at radius 2 is 1.74 bits per heavy atom. The lowest BCUT2D eigenvalue weighted by molar-refractivity contribution is -0.122. The summed E-state index contributed by atoms with van der Waals surface area (Å²) in [5.74, 6) is 1.63. The molecule has 2 aromatic carbocycles. The number of carbonyl (C=O) groups is 1. The molecule has 0 saturated heterocycles. The van der Waals surface area contributed by atoms with Crippen LogP contribution in [0.15, 0.2) is 54.6 Å². The highest BCUT2D eigenvalue weighted by molar-refractivity contribution is 5.78. The summed E-state index contributed by atoms with van der Waals surface area (Å²) in [7, 11) is 3.56. The molecule has 146 valence electrons. The summed E-state index contributed by atoms with van der Waals surface area (Å²) in [5, 5.41) is 3.15. The molecule has 0 bridgehead atoms. The molecule has 1 amide bonds. The monoisotopic (exact) mass is 370 g/mol. The largest absolute Gasteiger partial charge is 0.497 e. The highest BCUT2D eigenvalue weighted by Gasteiger charge is 2.14. The van der Waals surface area contributed by atoms with Crippen molar-refractivity contribution < 1.29 is 14.3 Å². The van der Waals surface area contributed by atoms with Gasteiger partial charge >= 0.3 is 0 Å². The van der Waals surface area contributed by atoms with Crippen LogP contribution in [-0.2, 0) is 4.79 Å². The minimum Gasteiger partial charge on any atom is -0.497 e. The number of likely N-dealkylation sites (N-methyl/N-ethyl adjacent to an activating group) is 1. The van der Waals surface area contributed by atoms with Crippen LogP contribution < -0.4 is 14.8 Å². The summed E-state index contributed by atoms with van der Waals surface area (Å²) in [6, 6.07) is 17.7. The molecule has 0 heterocycles. The van der Waals surface area contributed by atoms with E-state index in [-0.39, 0.29) is 11.9 Å². The van der Waals surface area contributed by atoms with Gasteiger partial charge in [0.15, 0.2) is 0 Å². The number of rotatable bonds is 11. The summed E-state index contributed by atoms with van der Waals surface area (Å²) in [4.78, 5) is 14.4. The number of hydrogen-bond acceptors (Lipinski definition) is 4. The van der Waals surface area contributed by atoms with Crippen molar-refractivity contribution in [2.45, 2.75) is 25.8 Å². The second-order valence-corrected chi connectivity index (χ2v) is 6.58. The van der Waals surface area contributed by atoms with E-state index in [1.165, 1.54) is 0 Å². The van der Waals surface area contributed by atoms with Gasteiger partial charge in [0, 0.05) is 6.54 Å². The van der Waals surface area contributed by atoms with Gasteiger partial charge in [-0.05, 0) is 43.3 Å². The maximum Gasteiger partial charge on any atom is 0.234 e. The highest BCUT2D eigenvalue weighted by Crippen LogP contribution is 2.18. The van der Waals surface area contributed by atoms with Crippen molar-refractivity contribution in [2.24, 2.45) is 0 Å². The van der Waals surface area contributed by atoms with Gasteiger partial charge in [0.05, 0.1) is 19.7 Å². The summed E-state index contributed by atoms with van der Waals surface area (Å²) in [5.41, 5.74) is 1.15. The van der Waals surface area contributed by atoms with Crippen molar-refractivity contribution in [3.63, 3.8) is 0 Å². The number of methoxy groups -OCH3 is 1. The fourth-order valence-electron chi connectivity index (χ4n) is 2.85. The second-order valence-electron chi connectivity index (χ2n) is 6.58. The van der Waals surface area contributed by atoms with Crippen LogP contribution in [0.3, 0.4) is 0 Å². The molecule has 0 aromatic heterocycles. The first-order chi connectivity index (χ1) is 13.1. The summed E-state index contributed by atoms with van der Waals surface area (Å²) in [6.45, 7) is 3.67. The summed E-state index contributed by atoms with van der Waals surface area (Å²) >= 11 is 0. The van der Waals surface area contributed by atoms with E-state index in [1.54, 1.807) is 7.11 Å². The second kappa shape index (κ2) is 11.2. The van der Waals surface area contributed by atoms with E-state index in [1.807, 2.05) is 54.4 Å². The molecular formula is C22H30N2O3. The Hall–Kier alpha value is -2.53. The van der Waals surface area contributed by atoms with Crippen LogP contribution in [0.25, 0.3) is 0 Å². The Morgan fingerprint density at radius 1 is 1.07 bits per heavy atom. The Labute approximate surface area is 162 Å². The van der Waals surface area contributed by atoms with Crippen LogP contribution in [-0.4, -0.2) is 44.7 Å². The fourth-order valence-corrected chi connectivity index (χ4v) is 2.85. The molecular weight excluding hydrogens is 340 g/mol. The fraction of sp³-hybridized carbons (Fsp3) is 0.409. The lowest BCUT2D eigenvalue weighted by Crippen LogP contribution is -2.38. The number of benzene rings is 2. The molecule has 0 fully saturated rings. The predicted molar refractivity (Wildman–Crippen MR) is 108 cm³/mol. The Kier molecular flexibility index (Phi) is 8.65. The van der Waals surface area contributed by atoms with Crippen molar-refractivity contribution in [1.29, 1.82) is 0 Å². The van der Waals surface area contributed by atoms with E-state index in [9.17, 15) is 4.79 Å². The third kappa shape index (κ3) is 7.31. The van der Waals surface area contributed by atoms with Gasteiger partial charge in [-0.15, -0.1) is 0 Å². The highest BCUT2D eigenvalue weighted by atomic mass is 16.5. The van der Waals surface area contributed by atoms with E-state index in [4.69, 9.17) is 9.47 Å². The number of hydrogen-bond donors (Lipinski definition) is 1. The van der Waals surface area contributed by atoms with Gasteiger partial charge < -0.3 is 14.8 Å². The minimum atomic E-state index is 0.0317. The normalized spacial score (nSPS) is 11.9. The molecule has 27 heavy (non-hydrogen) atoms. The van der Waals surface area contributed by atoms with Crippen LogP contribution in [0.2, 0.25) is 0 Å². The van der Waals surface area contributed by atoms with Gasteiger partial charge in [-0.25, -0.2) is 0 Å².